The van der Waals surface area contributed by atoms with Crippen LogP contribution in [-0.4, -0.2) is 26.1 Å². The third-order valence-corrected chi connectivity index (χ3v) is 6.34. The molecule has 1 atom stereocenters. The molecule has 1 aliphatic heterocycles. The number of benzene rings is 2. The van der Waals surface area contributed by atoms with Crippen molar-refractivity contribution in [2.45, 2.75) is 30.6 Å². The highest BCUT2D eigenvalue weighted by atomic mass is 32.2. The molecular formula is C21H19N3O6S. The number of imide groups is 1. The predicted octanol–water partition coefficient (Wildman–Crippen LogP) is 2.71. The van der Waals surface area contributed by atoms with Crippen LogP contribution in [0.15, 0.2) is 58.0 Å². The lowest BCUT2D eigenvalue weighted by Crippen LogP contribution is -2.39. The van der Waals surface area contributed by atoms with Gasteiger partial charge in [0.2, 0.25) is 17.7 Å². The summed E-state index contributed by atoms with van der Waals surface area (Å²) in [6.07, 6.45) is 1.96. The van der Waals surface area contributed by atoms with E-state index in [1.165, 1.54) is 43.5 Å². The zero-order valence-corrected chi connectivity index (χ0v) is 17.3. The van der Waals surface area contributed by atoms with E-state index >= 15 is 0 Å². The Morgan fingerprint density at radius 3 is 2.48 bits per heavy atom. The fourth-order valence-electron chi connectivity index (χ4n) is 3.49. The number of hydrogen-bond donors (Lipinski definition) is 3. The lowest BCUT2D eigenvalue weighted by atomic mass is 9.90. The van der Waals surface area contributed by atoms with Gasteiger partial charge in [-0.15, -0.1) is 0 Å². The molecule has 1 unspecified atom stereocenters. The molecule has 3 amide bonds. The number of sulfonamides is 1. The van der Waals surface area contributed by atoms with Gasteiger partial charge in [-0.2, -0.15) is 0 Å². The molecule has 0 aliphatic carbocycles. The number of nitrogens with one attached hydrogen (secondary N) is 3. The summed E-state index contributed by atoms with van der Waals surface area (Å²) in [5, 5.41) is 5.41. The van der Waals surface area contributed by atoms with Gasteiger partial charge < -0.3 is 9.73 Å². The summed E-state index contributed by atoms with van der Waals surface area (Å²) in [7, 11) is -3.92. The highest BCUT2D eigenvalue weighted by Crippen LogP contribution is 2.34. The van der Waals surface area contributed by atoms with Crippen LogP contribution >= 0.6 is 0 Å². The monoisotopic (exact) mass is 441 g/mol. The molecule has 0 radical (unpaired) electrons. The van der Waals surface area contributed by atoms with E-state index in [2.05, 4.69) is 15.4 Å². The molecule has 0 spiro atoms. The molecule has 31 heavy (non-hydrogen) atoms. The van der Waals surface area contributed by atoms with Gasteiger partial charge in [0.05, 0.1) is 17.1 Å². The van der Waals surface area contributed by atoms with Gasteiger partial charge in [-0.3, -0.25) is 24.4 Å². The van der Waals surface area contributed by atoms with Crippen LogP contribution in [0.1, 0.15) is 31.2 Å². The van der Waals surface area contributed by atoms with Crippen LogP contribution in [0.5, 0.6) is 0 Å². The summed E-state index contributed by atoms with van der Waals surface area (Å²) >= 11 is 0. The molecule has 2 aromatic carbocycles. The minimum Gasteiger partial charge on any atom is -0.464 e. The van der Waals surface area contributed by atoms with E-state index in [0.717, 1.165) is 0 Å². The summed E-state index contributed by atoms with van der Waals surface area (Å²) in [5.41, 5.74) is 1.85. The number of furan rings is 1. The minimum atomic E-state index is -3.92. The molecule has 3 N–H and O–H groups in total. The summed E-state index contributed by atoms with van der Waals surface area (Å²) in [6, 6.07) is 10.6. The number of hydrogen-bond acceptors (Lipinski definition) is 6. The average molecular weight is 441 g/mol. The average Bonchev–Trinajstić information content (AvgIpc) is 3.12. The van der Waals surface area contributed by atoms with Crippen molar-refractivity contribution in [1.82, 2.24) is 5.32 Å². The smallest absolute Gasteiger partial charge is 0.261 e. The zero-order valence-electron chi connectivity index (χ0n) is 16.5. The molecule has 0 saturated carbocycles. The number of piperidine rings is 1. The van der Waals surface area contributed by atoms with Gasteiger partial charge in [-0.05, 0) is 48.9 Å². The largest absolute Gasteiger partial charge is 0.464 e. The van der Waals surface area contributed by atoms with Gasteiger partial charge in [-0.25, -0.2) is 8.42 Å². The molecule has 4 rings (SSSR count). The molecule has 9 nitrogen and oxygen atoms in total. The first-order valence-electron chi connectivity index (χ1n) is 9.48. The van der Waals surface area contributed by atoms with Gasteiger partial charge in [0.25, 0.3) is 10.0 Å². The topological polar surface area (TPSA) is 135 Å². The van der Waals surface area contributed by atoms with E-state index in [9.17, 15) is 22.8 Å². The fourth-order valence-corrected chi connectivity index (χ4v) is 4.58. The maximum absolute atomic E-state index is 12.9. The van der Waals surface area contributed by atoms with Crippen LogP contribution in [0.25, 0.3) is 11.0 Å². The SMILES string of the molecule is CC(=O)Nc1ccc(NS(=O)(=O)c2ccc3occ(C4CCC(=O)NC4=O)c3c2)cc1. The Morgan fingerprint density at radius 1 is 1.10 bits per heavy atom. The molecule has 1 fully saturated rings. The van der Waals surface area contributed by atoms with Gasteiger partial charge in [-0.1, -0.05) is 0 Å². The van der Waals surface area contributed by atoms with Crippen LogP contribution in [-0.2, 0) is 24.4 Å². The van der Waals surface area contributed by atoms with Crippen LogP contribution in [0.2, 0.25) is 0 Å². The van der Waals surface area contributed by atoms with Gasteiger partial charge in [0.15, 0.2) is 0 Å². The quantitative estimate of drug-likeness (QED) is 0.521. The number of carbonyl (C=O) groups is 3. The van der Waals surface area contributed by atoms with Crippen molar-refractivity contribution in [3.05, 3.63) is 54.3 Å². The van der Waals surface area contributed by atoms with Crippen LogP contribution in [0.3, 0.4) is 0 Å². The normalized spacial score (nSPS) is 16.7. The second-order valence-electron chi connectivity index (χ2n) is 7.22. The van der Waals surface area contributed by atoms with Crippen LogP contribution in [0.4, 0.5) is 11.4 Å². The van der Waals surface area contributed by atoms with E-state index in [4.69, 9.17) is 4.42 Å². The van der Waals surface area contributed by atoms with Crippen molar-refractivity contribution in [2.75, 3.05) is 10.0 Å². The summed E-state index contributed by atoms with van der Waals surface area (Å²) in [4.78, 5) is 34.8. The van der Waals surface area contributed by atoms with E-state index < -0.39 is 21.8 Å². The number of carbonyl (C=O) groups excluding carboxylic acids is 3. The first-order chi connectivity index (χ1) is 14.7. The zero-order chi connectivity index (χ0) is 22.2. The van der Waals surface area contributed by atoms with Crippen molar-refractivity contribution in [2.24, 2.45) is 0 Å². The molecule has 10 heteroatoms. The predicted molar refractivity (Wildman–Crippen MR) is 113 cm³/mol. The second kappa shape index (κ2) is 7.88. The van der Waals surface area contributed by atoms with E-state index in [1.54, 1.807) is 12.1 Å². The number of anilines is 2. The van der Waals surface area contributed by atoms with Crippen molar-refractivity contribution < 1.29 is 27.2 Å². The fraction of sp³-hybridized carbons (Fsp3) is 0.190. The Balaban J connectivity index is 1.62. The molecule has 3 aromatic rings. The molecule has 0 bridgehead atoms. The van der Waals surface area contributed by atoms with Gasteiger partial charge >= 0.3 is 0 Å². The van der Waals surface area contributed by atoms with E-state index in [1.807, 2.05) is 0 Å². The van der Waals surface area contributed by atoms with Crippen molar-refractivity contribution in [3.63, 3.8) is 0 Å². The Morgan fingerprint density at radius 2 is 1.81 bits per heavy atom. The van der Waals surface area contributed by atoms with Crippen LogP contribution in [0, 0.1) is 0 Å². The Kier molecular flexibility index (Phi) is 5.24. The first kappa shape index (κ1) is 20.6. The lowest BCUT2D eigenvalue weighted by Gasteiger charge is -2.20. The second-order valence-corrected chi connectivity index (χ2v) is 8.90. The molecule has 2 heterocycles. The Labute approximate surface area is 177 Å². The highest BCUT2D eigenvalue weighted by molar-refractivity contribution is 7.92. The van der Waals surface area contributed by atoms with Crippen molar-refractivity contribution in [3.8, 4) is 0 Å². The van der Waals surface area contributed by atoms with E-state index in [0.29, 0.717) is 34.3 Å². The maximum Gasteiger partial charge on any atom is 0.261 e. The van der Waals surface area contributed by atoms with Crippen LogP contribution < -0.4 is 15.4 Å². The first-order valence-corrected chi connectivity index (χ1v) is 11.0. The molecule has 1 saturated heterocycles. The van der Waals surface area contributed by atoms with Gasteiger partial charge in [0.1, 0.15) is 5.58 Å². The number of amides is 3. The Bertz CT molecular complexity index is 1290. The van der Waals surface area contributed by atoms with E-state index in [-0.39, 0.29) is 23.1 Å². The van der Waals surface area contributed by atoms with Crippen molar-refractivity contribution >= 4 is 50.1 Å². The number of rotatable bonds is 5. The lowest BCUT2D eigenvalue weighted by molar-refractivity contribution is -0.134. The molecule has 1 aliphatic rings. The number of fused-ring (bicyclic) bond motifs is 1. The summed E-state index contributed by atoms with van der Waals surface area (Å²) in [6.45, 7) is 1.38. The molecule has 1 aromatic heterocycles. The third-order valence-electron chi connectivity index (χ3n) is 4.96. The maximum atomic E-state index is 12.9. The Hall–Kier alpha value is -3.66. The van der Waals surface area contributed by atoms with Gasteiger partial charge in [0, 0.05) is 35.7 Å². The third kappa shape index (κ3) is 4.29. The summed E-state index contributed by atoms with van der Waals surface area (Å²) in [5.74, 6) is -1.57. The molecule has 160 valence electrons. The summed E-state index contributed by atoms with van der Waals surface area (Å²) < 4.78 is 33.8. The van der Waals surface area contributed by atoms with Crippen molar-refractivity contribution in [1.29, 1.82) is 0 Å². The minimum absolute atomic E-state index is 0.000816. The molecular weight excluding hydrogens is 422 g/mol. The highest BCUT2D eigenvalue weighted by Gasteiger charge is 2.31. The standard InChI is InChI=1S/C21H19N3O6S/c1-12(25)22-13-2-4-14(5-3-13)24-31(28,29)15-6-8-19-17(10-15)18(11-30-19)16-7-9-20(26)23-21(16)27/h2-6,8,10-11,16,24H,7,9H2,1H3,(H,22,25)(H,23,26,27).